The lowest BCUT2D eigenvalue weighted by molar-refractivity contribution is 0.615. The molecule has 4 nitrogen and oxygen atoms in total. The fourth-order valence-electron chi connectivity index (χ4n) is 1.62. The molecule has 0 bridgehead atoms. The van der Waals surface area contributed by atoms with Gasteiger partial charge in [-0.05, 0) is 30.4 Å². The molecule has 0 fully saturated rings. The van der Waals surface area contributed by atoms with E-state index in [2.05, 4.69) is 6.58 Å². The lowest BCUT2D eigenvalue weighted by atomic mass is 10.3. The van der Waals surface area contributed by atoms with E-state index in [9.17, 15) is 9.18 Å². The first-order valence-corrected chi connectivity index (χ1v) is 5.74. The summed E-state index contributed by atoms with van der Waals surface area (Å²) in [6.45, 7) is 3.50. The number of benzene rings is 1. The summed E-state index contributed by atoms with van der Waals surface area (Å²) in [6.07, 6.45) is 1.31. The highest BCUT2D eigenvalue weighted by Crippen LogP contribution is 2.17. The van der Waals surface area contributed by atoms with E-state index in [0.29, 0.717) is 0 Å². The Kier molecular flexibility index (Phi) is 3.23. The maximum Gasteiger partial charge on any atom is 0.354 e. The van der Waals surface area contributed by atoms with Gasteiger partial charge < -0.3 is 0 Å². The third-order valence-corrected chi connectivity index (χ3v) is 3.18. The minimum absolute atomic E-state index is 0.0607. The average molecular weight is 286 g/mol. The number of aromatic nitrogens is 3. The van der Waals surface area contributed by atoms with Crippen molar-refractivity contribution in [3.05, 3.63) is 50.9 Å². The molecule has 1 aromatic heterocycles. The van der Waals surface area contributed by atoms with Crippen LogP contribution in [-0.2, 0) is 7.05 Å². The van der Waals surface area contributed by atoms with Gasteiger partial charge in [0.2, 0.25) is 4.77 Å². The summed E-state index contributed by atoms with van der Waals surface area (Å²) in [5.74, 6) is -0.613. The smallest absolute Gasteiger partial charge is 0.255 e. The monoisotopic (exact) mass is 285 g/mol. The molecule has 0 aliphatic heterocycles. The fourth-order valence-corrected chi connectivity index (χ4v) is 2.04. The number of rotatable bonds is 2. The van der Waals surface area contributed by atoms with E-state index < -0.39 is 11.5 Å². The molecule has 0 saturated heterocycles. The van der Waals surface area contributed by atoms with Crippen molar-refractivity contribution >= 4 is 30.0 Å². The molecule has 2 aromatic rings. The Morgan fingerprint density at radius 1 is 1.50 bits per heavy atom. The van der Waals surface area contributed by atoms with Crippen LogP contribution in [0.4, 0.5) is 4.39 Å². The lowest BCUT2D eigenvalue weighted by Gasteiger charge is -2.02. The molecule has 0 spiro atoms. The first-order chi connectivity index (χ1) is 8.47. The average Bonchev–Trinajstić information content (AvgIpc) is 2.52. The van der Waals surface area contributed by atoms with Crippen molar-refractivity contribution in [3.63, 3.8) is 0 Å². The Balaban J connectivity index is 2.84. The Labute approximate surface area is 112 Å². The van der Waals surface area contributed by atoms with Crippen LogP contribution in [0.25, 0.3) is 11.9 Å². The van der Waals surface area contributed by atoms with Crippen molar-refractivity contribution in [1.29, 1.82) is 0 Å². The molecular weight excluding hydrogens is 277 g/mol. The van der Waals surface area contributed by atoms with Crippen LogP contribution in [0.2, 0.25) is 5.02 Å². The Bertz CT molecular complexity index is 744. The van der Waals surface area contributed by atoms with E-state index in [4.69, 9.17) is 23.8 Å². The standard InChI is InChI=1S/C11H9ClFN3OS/c1-3-15-10(17)16(11(18)14(15)2)9-5-4-7(12)6-8(9)13/h3-6H,1H2,2H3. The third kappa shape index (κ3) is 1.83. The second-order valence-corrected chi connectivity index (χ2v) is 4.35. The normalized spacial score (nSPS) is 10.6. The molecule has 0 aliphatic carbocycles. The van der Waals surface area contributed by atoms with Gasteiger partial charge in [-0.2, -0.15) is 0 Å². The summed E-state index contributed by atoms with van der Waals surface area (Å²) in [4.78, 5) is 12.0. The first kappa shape index (κ1) is 12.8. The highest BCUT2D eigenvalue weighted by atomic mass is 35.5. The van der Waals surface area contributed by atoms with E-state index in [1.807, 2.05) is 0 Å². The Morgan fingerprint density at radius 3 is 2.67 bits per heavy atom. The number of hydrogen-bond acceptors (Lipinski definition) is 2. The molecule has 7 heteroatoms. The number of hydrogen-bond donors (Lipinski definition) is 0. The Hall–Kier alpha value is -1.66. The maximum atomic E-state index is 13.8. The lowest BCUT2D eigenvalue weighted by Crippen LogP contribution is -2.22. The SMILES string of the molecule is C=Cn1c(=O)n(-c2ccc(Cl)cc2F)c(=S)n1C. The van der Waals surface area contributed by atoms with Crippen LogP contribution in [-0.4, -0.2) is 13.9 Å². The van der Waals surface area contributed by atoms with Crippen molar-refractivity contribution < 1.29 is 4.39 Å². The van der Waals surface area contributed by atoms with Crippen LogP contribution in [0.15, 0.2) is 29.6 Å². The van der Waals surface area contributed by atoms with Gasteiger partial charge in [0.25, 0.3) is 0 Å². The summed E-state index contributed by atoms with van der Waals surface area (Å²) < 4.78 is 17.7. The van der Waals surface area contributed by atoms with E-state index in [0.717, 1.165) is 10.6 Å². The first-order valence-electron chi connectivity index (χ1n) is 4.96. The molecular formula is C11H9ClFN3OS. The summed E-state index contributed by atoms with van der Waals surface area (Å²) in [7, 11) is 1.59. The van der Waals surface area contributed by atoms with Gasteiger partial charge in [0.15, 0.2) is 0 Å². The van der Waals surface area contributed by atoms with E-state index in [1.54, 1.807) is 7.05 Å². The number of nitrogens with zero attached hydrogens (tertiary/aromatic N) is 3. The molecule has 0 radical (unpaired) electrons. The van der Waals surface area contributed by atoms with Gasteiger partial charge in [0.1, 0.15) is 5.82 Å². The summed E-state index contributed by atoms with van der Waals surface area (Å²) in [5, 5.41) is 0.253. The van der Waals surface area contributed by atoms with E-state index >= 15 is 0 Å². The molecule has 0 aliphatic rings. The minimum atomic E-state index is -0.613. The summed E-state index contributed by atoms with van der Waals surface area (Å²) in [5.41, 5.74) is -0.427. The Morgan fingerprint density at radius 2 is 2.17 bits per heavy atom. The second kappa shape index (κ2) is 4.55. The van der Waals surface area contributed by atoms with Crippen LogP contribution in [0.1, 0.15) is 0 Å². The van der Waals surface area contributed by atoms with Gasteiger partial charge >= 0.3 is 5.69 Å². The van der Waals surface area contributed by atoms with Crippen LogP contribution < -0.4 is 5.69 Å². The van der Waals surface area contributed by atoms with Crippen LogP contribution in [0.3, 0.4) is 0 Å². The molecule has 0 saturated carbocycles. The minimum Gasteiger partial charge on any atom is -0.255 e. The van der Waals surface area contributed by atoms with Crippen molar-refractivity contribution in [3.8, 4) is 5.69 Å². The van der Waals surface area contributed by atoms with E-state index in [-0.39, 0.29) is 15.5 Å². The summed E-state index contributed by atoms with van der Waals surface area (Å²) >= 11 is 10.8. The highest BCUT2D eigenvalue weighted by Gasteiger charge is 2.14. The fraction of sp³-hybridized carbons (Fsp3) is 0.0909. The quantitative estimate of drug-likeness (QED) is 0.795. The van der Waals surface area contributed by atoms with Gasteiger partial charge in [0.05, 0.1) is 5.69 Å². The number of halogens is 2. The second-order valence-electron chi connectivity index (χ2n) is 3.55. The van der Waals surface area contributed by atoms with Gasteiger partial charge in [0, 0.05) is 18.3 Å². The van der Waals surface area contributed by atoms with Gasteiger partial charge in [-0.15, -0.1) is 0 Å². The van der Waals surface area contributed by atoms with Crippen LogP contribution >= 0.6 is 23.8 Å². The molecule has 94 valence electrons. The maximum absolute atomic E-state index is 13.8. The zero-order valence-corrected chi connectivity index (χ0v) is 11.0. The molecule has 0 unspecified atom stereocenters. The predicted octanol–water partition coefficient (Wildman–Crippen LogP) is 2.60. The van der Waals surface area contributed by atoms with E-state index in [1.165, 1.54) is 27.7 Å². The zero-order valence-electron chi connectivity index (χ0n) is 9.43. The molecule has 0 atom stereocenters. The van der Waals surface area contributed by atoms with Crippen molar-refractivity contribution in [2.24, 2.45) is 7.05 Å². The van der Waals surface area contributed by atoms with Gasteiger partial charge in [-0.1, -0.05) is 18.2 Å². The predicted molar refractivity (Wildman–Crippen MR) is 71.2 cm³/mol. The molecule has 1 heterocycles. The summed E-state index contributed by atoms with van der Waals surface area (Å²) in [6, 6.07) is 4.03. The topological polar surface area (TPSA) is 31.9 Å². The molecule has 0 N–H and O–H groups in total. The van der Waals surface area contributed by atoms with Gasteiger partial charge in [-0.3, -0.25) is 4.68 Å². The molecule has 1 aromatic carbocycles. The molecule has 18 heavy (non-hydrogen) atoms. The third-order valence-electron chi connectivity index (χ3n) is 2.50. The van der Waals surface area contributed by atoms with Crippen molar-refractivity contribution in [2.45, 2.75) is 0 Å². The molecule has 0 amide bonds. The van der Waals surface area contributed by atoms with Crippen molar-refractivity contribution in [1.82, 2.24) is 13.9 Å². The van der Waals surface area contributed by atoms with Gasteiger partial charge in [-0.25, -0.2) is 18.4 Å². The highest BCUT2D eigenvalue weighted by molar-refractivity contribution is 7.71. The molecule has 2 rings (SSSR count). The van der Waals surface area contributed by atoms with Crippen molar-refractivity contribution in [2.75, 3.05) is 0 Å². The largest absolute Gasteiger partial charge is 0.354 e. The zero-order chi connectivity index (χ0) is 13.4. The van der Waals surface area contributed by atoms with Crippen LogP contribution in [0.5, 0.6) is 0 Å². The van der Waals surface area contributed by atoms with Crippen LogP contribution in [0, 0.1) is 10.6 Å².